The molecule has 0 heterocycles. The summed E-state index contributed by atoms with van der Waals surface area (Å²) in [5, 5.41) is 9.06. The second-order valence-electron chi connectivity index (χ2n) is 2.20. The SMILES string of the molecule is CSc1ccc(Cl)c(CO)c1F. The van der Waals surface area contributed by atoms with Crippen molar-refractivity contribution in [2.24, 2.45) is 0 Å². The molecular formula is C8H8ClFOS. The van der Waals surface area contributed by atoms with Crippen molar-refractivity contribution in [3.63, 3.8) is 0 Å². The molecule has 0 atom stereocenters. The number of benzene rings is 1. The molecular weight excluding hydrogens is 199 g/mol. The van der Waals surface area contributed by atoms with Crippen molar-refractivity contribution in [1.29, 1.82) is 0 Å². The molecule has 66 valence electrons. The summed E-state index contributed by atoms with van der Waals surface area (Å²) < 4.78 is 13.3. The lowest BCUT2D eigenvalue weighted by Gasteiger charge is -2.05. The van der Waals surface area contributed by atoms with Gasteiger partial charge in [0, 0.05) is 15.5 Å². The van der Waals surface area contributed by atoms with Crippen molar-refractivity contribution < 1.29 is 9.50 Å². The molecule has 12 heavy (non-hydrogen) atoms. The summed E-state index contributed by atoms with van der Waals surface area (Å²) in [5.74, 6) is -0.419. The minimum absolute atomic E-state index is 0.170. The molecule has 0 unspecified atom stereocenters. The average molecular weight is 207 g/mol. The van der Waals surface area contributed by atoms with Crippen LogP contribution < -0.4 is 0 Å². The molecule has 1 nitrogen and oxygen atoms in total. The van der Waals surface area contributed by atoms with Gasteiger partial charge >= 0.3 is 0 Å². The Kier molecular flexibility index (Phi) is 3.38. The van der Waals surface area contributed by atoms with Crippen molar-refractivity contribution in [3.8, 4) is 0 Å². The van der Waals surface area contributed by atoms with E-state index in [0.29, 0.717) is 4.90 Å². The standard InChI is InChI=1S/C8H8ClFOS/c1-12-7-3-2-6(9)5(4-11)8(7)10/h2-3,11H,4H2,1H3. The van der Waals surface area contributed by atoms with E-state index in [1.54, 1.807) is 18.4 Å². The number of aliphatic hydroxyl groups is 1. The highest BCUT2D eigenvalue weighted by Crippen LogP contribution is 2.27. The normalized spacial score (nSPS) is 10.3. The molecule has 0 radical (unpaired) electrons. The molecule has 0 aliphatic heterocycles. The van der Waals surface area contributed by atoms with Crippen LogP contribution in [0.15, 0.2) is 17.0 Å². The summed E-state index contributed by atoms with van der Waals surface area (Å²) in [4.78, 5) is 0.503. The Morgan fingerprint density at radius 3 is 2.75 bits per heavy atom. The predicted molar refractivity (Wildman–Crippen MR) is 49.1 cm³/mol. The molecule has 0 spiro atoms. The quantitative estimate of drug-likeness (QED) is 0.751. The topological polar surface area (TPSA) is 20.2 Å². The third-order valence-electron chi connectivity index (χ3n) is 1.53. The minimum atomic E-state index is -0.419. The van der Waals surface area contributed by atoms with Crippen molar-refractivity contribution in [1.82, 2.24) is 0 Å². The molecule has 1 N–H and O–H groups in total. The number of hydrogen-bond acceptors (Lipinski definition) is 2. The van der Waals surface area contributed by atoms with E-state index in [2.05, 4.69) is 0 Å². The van der Waals surface area contributed by atoms with Gasteiger partial charge in [0.15, 0.2) is 0 Å². The Morgan fingerprint density at radius 2 is 2.25 bits per heavy atom. The van der Waals surface area contributed by atoms with Crippen LogP contribution >= 0.6 is 23.4 Å². The molecule has 0 fully saturated rings. The molecule has 0 aliphatic rings. The molecule has 4 heteroatoms. The second kappa shape index (κ2) is 4.12. The zero-order valence-electron chi connectivity index (χ0n) is 6.47. The van der Waals surface area contributed by atoms with Crippen LogP contribution in [0, 0.1) is 5.82 Å². The molecule has 0 aliphatic carbocycles. The number of aliphatic hydroxyl groups excluding tert-OH is 1. The first-order valence-corrected chi connectivity index (χ1v) is 4.92. The molecule has 1 aromatic carbocycles. The zero-order chi connectivity index (χ0) is 9.14. The van der Waals surface area contributed by atoms with E-state index in [4.69, 9.17) is 16.7 Å². The smallest absolute Gasteiger partial charge is 0.143 e. The highest BCUT2D eigenvalue weighted by Gasteiger charge is 2.10. The van der Waals surface area contributed by atoms with Gasteiger partial charge < -0.3 is 5.11 Å². The number of rotatable bonds is 2. The first kappa shape index (κ1) is 9.84. The fourth-order valence-corrected chi connectivity index (χ4v) is 1.59. The van der Waals surface area contributed by atoms with Crippen LogP contribution in [0.3, 0.4) is 0 Å². The van der Waals surface area contributed by atoms with E-state index < -0.39 is 5.82 Å². The van der Waals surface area contributed by atoms with Gasteiger partial charge in [-0.15, -0.1) is 11.8 Å². The lowest BCUT2D eigenvalue weighted by atomic mass is 10.2. The van der Waals surface area contributed by atoms with Crippen molar-refractivity contribution in [3.05, 3.63) is 28.5 Å². The third-order valence-corrected chi connectivity index (χ3v) is 2.64. The van der Waals surface area contributed by atoms with E-state index in [0.717, 1.165) is 0 Å². The maximum atomic E-state index is 13.3. The Bertz CT molecular complexity index is 291. The maximum Gasteiger partial charge on any atom is 0.143 e. The highest BCUT2D eigenvalue weighted by molar-refractivity contribution is 7.98. The molecule has 0 saturated heterocycles. The van der Waals surface area contributed by atoms with E-state index in [1.165, 1.54) is 11.8 Å². The van der Waals surface area contributed by atoms with Crippen LogP contribution in [0.2, 0.25) is 5.02 Å². The first-order valence-electron chi connectivity index (χ1n) is 3.32. The molecule has 0 amide bonds. The highest BCUT2D eigenvalue weighted by atomic mass is 35.5. The summed E-state index contributed by atoms with van der Waals surface area (Å²) in [7, 11) is 0. The fourth-order valence-electron chi connectivity index (χ4n) is 0.879. The largest absolute Gasteiger partial charge is 0.392 e. The molecule has 0 aromatic heterocycles. The Balaban J connectivity index is 3.24. The second-order valence-corrected chi connectivity index (χ2v) is 3.46. The fraction of sp³-hybridized carbons (Fsp3) is 0.250. The summed E-state index contributed by atoms with van der Waals surface area (Å²) in [5.41, 5.74) is 0.170. The van der Waals surface area contributed by atoms with Gasteiger partial charge in [-0.3, -0.25) is 0 Å². The number of halogens is 2. The van der Waals surface area contributed by atoms with Gasteiger partial charge in [-0.2, -0.15) is 0 Å². The number of thioether (sulfide) groups is 1. The summed E-state index contributed by atoms with van der Waals surface area (Å²) in [6.07, 6.45) is 1.77. The lowest BCUT2D eigenvalue weighted by molar-refractivity contribution is 0.275. The average Bonchev–Trinajstić information content (AvgIpc) is 2.06. The van der Waals surface area contributed by atoms with E-state index >= 15 is 0 Å². The van der Waals surface area contributed by atoms with Gasteiger partial charge in [0.2, 0.25) is 0 Å². The van der Waals surface area contributed by atoms with Crippen molar-refractivity contribution in [2.75, 3.05) is 6.26 Å². The zero-order valence-corrected chi connectivity index (χ0v) is 8.05. The molecule has 0 saturated carbocycles. The summed E-state index contributed by atoms with van der Waals surface area (Å²) in [6.45, 7) is -0.362. The van der Waals surface area contributed by atoms with Crippen LogP contribution in [0.25, 0.3) is 0 Å². The van der Waals surface area contributed by atoms with Crippen LogP contribution in [0.5, 0.6) is 0 Å². The van der Waals surface area contributed by atoms with Gasteiger partial charge in [0.25, 0.3) is 0 Å². The monoisotopic (exact) mass is 206 g/mol. The third kappa shape index (κ3) is 1.73. The van der Waals surface area contributed by atoms with Crippen LogP contribution in [0.1, 0.15) is 5.56 Å². The van der Waals surface area contributed by atoms with E-state index in [9.17, 15) is 4.39 Å². The van der Waals surface area contributed by atoms with Gasteiger partial charge in [0.05, 0.1) is 6.61 Å². The van der Waals surface area contributed by atoms with Crippen molar-refractivity contribution in [2.45, 2.75) is 11.5 Å². The van der Waals surface area contributed by atoms with Crippen LogP contribution in [-0.2, 0) is 6.61 Å². The minimum Gasteiger partial charge on any atom is -0.392 e. The summed E-state index contributed by atoms with van der Waals surface area (Å²) >= 11 is 6.94. The van der Waals surface area contributed by atoms with E-state index in [1.807, 2.05) is 0 Å². The summed E-state index contributed by atoms with van der Waals surface area (Å²) in [6, 6.07) is 3.18. The lowest BCUT2D eigenvalue weighted by Crippen LogP contribution is -1.93. The molecule has 1 aromatic rings. The van der Waals surface area contributed by atoms with Gasteiger partial charge in [0.1, 0.15) is 5.82 Å². The number of hydrogen-bond donors (Lipinski definition) is 1. The van der Waals surface area contributed by atoms with Crippen LogP contribution in [0.4, 0.5) is 4.39 Å². The Hall–Kier alpha value is -0.250. The van der Waals surface area contributed by atoms with Gasteiger partial charge in [-0.1, -0.05) is 11.6 Å². The maximum absolute atomic E-state index is 13.3. The van der Waals surface area contributed by atoms with Crippen molar-refractivity contribution >= 4 is 23.4 Å². The Labute approximate surface area is 79.5 Å². The van der Waals surface area contributed by atoms with Crippen LogP contribution in [-0.4, -0.2) is 11.4 Å². The van der Waals surface area contributed by atoms with Gasteiger partial charge in [-0.05, 0) is 18.4 Å². The predicted octanol–water partition coefficient (Wildman–Crippen LogP) is 2.69. The van der Waals surface area contributed by atoms with E-state index in [-0.39, 0.29) is 17.2 Å². The molecule has 1 rings (SSSR count). The first-order chi connectivity index (χ1) is 5.70. The Morgan fingerprint density at radius 1 is 1.58 bits per heavy atom. The van der Waals surface area contributed by atoms with Gasteiger partial charge in [-0.25, -0.2) is 4.39 Å². The molecule has 0 bridgehead atoms.